The molecule has 2 aromatic rings. The van der Waals surface area contributed by atoms with Crippen LogP contribution in [0.2, 0.25) is 0 Å². The normalized spacial score (nSPS) is 12.2. The number of benzene rings is 1. The monoisotopic (exact) mass is 270 g/mol. The maximum atomic E-state index is 5.93. The van der Waals surface area contributed by atoms with Crippen LogP contribution in [0.3, 0.4) is 0 Å². The minimum Gasteiger partial charge on any atom is -0.493 e. The molecule has 0 spiro atoms. The molecule has 1 aromatic heterocycles. The van der Waals surface area contributed by atoms with E-state index >= 15 is 0 Å². The lowest BCUT2D eigenvalue weighted by Crippen LogP contribution is -2.08. The number of hydrogen-bond donors (Lipinski definition) is 1. The van der Waals surface area contributed by atoms with Crippen molar-refractivity contribution < 1.29 is 4.74 Å². The van der Waals surface area contributed by atoms with E-state index in [0.717, 1.165) is 34.7 Å². The molecule has 1 heterocycles. The molecule has 3 heteroatoms. The molecule has 1 aromatic carbocycles. The van der Waals surface area contributed by atoms with Crippen LogP contribution in [0.15, 0.2) is 36.4 Å². The number of aromatic nitrogens is 1. The maximum Gasteiger partial charge on any atom is 0.128 e. The standard InChI is InChI=1S/C17H22N2O/c1-4-11-20-17-8-6-5-7-15(17)16-10-9-14(12(2)18)13(3)19-16/h5-10,12H,4,11,18H2,1-3H3. The topological polar surface area (TPSA) is 48.1 Å². The smallest absolute Gasteiger partial charge is 0.128 e. The first-order valence-electron chi connectivity index (χ1n) is 7.08. The van der Waals surface area contributed by atoms with E-state index in [4.69, 9.17) is 10.5 Å². The highest BCUT2D eigenvalue weighted by atomic mass is 16.5. The third-order valence-electron chi connectivity index (χ3n) is 3.24. The fourth-order valence-corrected chi connectivity index (χ4v) is 2.22. The zero-order chi connectivity index (χ0) is 14.5. The van der Waals surface area contributed by atoms with E-state index in [9.17, 15) is 0 Å². The summed E-state index contributed by atoms with van der Waals surface area (Å²) < 4.78 is 5.79. The molecular formula is C17H22N2O. The van der Waals surface area contributed by atoms with Gasteiger partial charge in [0.05, 0.1) is 12.3 Å². The highest BCUT2D eigenvalue weighted by molar-refractivity contribution is 5.67. The van der Waals surface area contributed by atoms with Crippen LogP contribution in [0, 0.1) is 6.92 Å². The van der Waals surface area contributed by atoms with E-state index in [1.807, 2.05) is 44.2 Å². The van der Waals surface area contributed by atoms with Crippen molar-refractivity contribution in [2.75, 3.05) is 6.61 Å². The Morgan fingerprint density at radius 1 is 1.20 bits per heavy atom. The van der Waals surface area contributed by atoms with Gasteiger partial charge in [-0.3, -0.25) is 4.98 Å². The van der Waals surface area contributed by atoms with Crippen LogP contribution in [0.25, 0.3) is 11.3 Å². The molecule has 106 valence electrons. The molecule has 0 saturated carbocycles. The second-order valence-electron chi connectivity index (χ2n) is 5.00. The lowest BCUT2D eigenvalue weighted by atomic mass is 10.0. The quantitative estimate of drug-likeness (QED) is 0.897. The largest absolute Gasteiger partial charge is 0.493 e. The van der Waals surface area contributed by atoms with Crippen LogP contribution in [0.1, 0.15) is 37.6 Å². The van der Waals surface area contributed by atoms with Gasteiger partial charge in [0.1, 0.15) is 5.75 Å². The number of pyridine rings is 1. The van der Waals surface area contributed by atoms with E-state index in [1.165, 1.54) is 0 Å². The second kappa shape index (κ2) is 6.53. The summed E-state index contributed by atoms with van der Waals surface area (Å²) in [5.74, 6) is 0.884. The number of para-hydroxylation sites is 1. The fourth-order valence-electron chi connectivity index (χ4n) is 2.22. The van der Waals surface area contributed by atoms with Crippen molar-refractivity contribution in [3.05, 3.63) is 47.7 Å². The number of nitrogens with two attached hydrogens (primary N) is 1. The summed E-state index contributed by atoms with van der Waals surface area (Å²) in [6, 6.07) is 12.1. The molecule has 3 nitrogen and oxygen atoms in total. The first-order chi connectivity index (χ1) is 9.63. The van der Waals surface area contributed by atoms with E-state index in [1.54, 1.807) is 0 Å². The molecule has 0 aliphatic rings. The van der Waals surface area contributed by atoms with Gasteiger partial charge in [-0.15, -0.1) is 0 Å². The van der Waals surface area contributed by atoms with Gasteiger partial charge in [0.2, 0.25) is 0 Å². The summed E-state index contributed by atoms with van der Waals surface area (Å²) in [6.45, 7) is 6.79. The van der Waals surface area contributed by atoms with Gasteiger partial charge < -0.3 is 10.5 Å². The predicted molar refractivity (Wildman–Crippen MR) is 82.8 cm³/mol. The summed E-state index contributed by atoms with van der Waals surface area (Å²) in [6.07, 6.45) is 0.990. The molecule has 2 N–H and O–H groups in total. The van der Waals surface area contributed by atoms with Crippen molar-refractivity contribution in [3.63, 3.8) is 0 Å². The second-order valence-corrected chi connectivity index (χ2v) is 5.00. The van der Waals surface area contributed by atoms with E-state index in [2.05, 4.69) is 18.0 Å². The van der Waals surface area contributed by atoms with Crippen LogP contribution in [0.4, 0.5) is 0 Å². The summed E-state index contributed by atoms with van der Waals surface area (Å²) in [4.78, 5) is 4.67. The Kier molecular flexibility index (Phi) is 4.74. The third kappa shape index (κ3) is 3.17. The summed E-state index contributed by atoms with van der Waals surface area (Å²) in [5.41, 5.74) is 9.95. The van der Waals surface area contributed by atoms with Gasteiger partial charge in [0, 0.05) is 17.3 Å². The number of hydrogen-bond acceptors (Lipinski definition) is 3. The molecule has 1 unspecified atom stereocenters. The van der Waals surface area contributed by atoms with Crippen molar-refractivity contribution in [1.82, 2.24) is 4.98 Å². The Balaban J connectivity index is 2.39. The Morgan fingerprint density at radius 3 is 2.60 bits per heavy atom. The average molecular weight is 270 g/mol. The number of ether oxygens (including phenoxy) is 1. The van der Waals surface area contributed by atoms with Crippen molar-refractivity contribution in [3.8, 4) is 17.0 Å². The molecule has 0 aliphatic carbocycles. The highest BCUT2D eigenvalue weighted by Crippen LogP contribution is 2.29. The van der Waals surface area contributed by atoms with Crippen LogP contribution >= 0.6 is 0 Å². The molecule has 0 bridgehead atoms. The molecule has 1 atom stereocenters. The van der Waals surface area contributed by atoms with Gasteiger partial charge in [-0.05, 0) is 44.0 Å². The van der Waals surface area contributed by atoms with Gasteiger partial charge >= 0.3 is 0 Å². The zero-order valence-electron chi connectivity index (χ0n) is 12.4. The number of aryl methyl sites for hydroxylation is 1. The molecule has 0 radical (unpaired) electrons. The zero-order valence-corrected chi connectivity index (χ0v) is 12.4. The van der Waals surface area contributed by atoms with Crippen LogP contribution in [-0.4, -0.2) is 11.6 Å². The predicted octanol–water partition coefficient (Wildman–Crippen LogP) is 3.87. The van der Waals surface area contributed by atoms with E-state index in [-0.39, 0.29) is 6.04 Å². The van der Waals surface area contributed by atoms with E-state index < -0.39 is 0 Å². The first-order valence-corrected chi connectivity index (χ1v) is 7.08. The Morgan fingerprint density at radius 2 is 1.95 bits per heavy atom. The minimum atomic E-state index is 0.00290. The van der Waals surface area contributed by atoms with Gasteiger partial charge in [0.25, 0.3) is 0 Å². The Labute approximate surface area is 120 Å². The Bertz CT molecular complexity index is 579. The average Bonchev–Trinajstić information content (AvgIpc) is 2.45. The van der Waals surface area contributed by atoms with E-state index in [0.29, 0.717) is 6.61 Å². The molecule has 0 amide bonds. The molecule has 20 heavy (non-hydrogen) atoms. The van der Waals surface area contributed by atoms with Crippen LogP contribution in [-0.2, 0) is 0 Å². The molecule has 0 aliphatic heterocycles. The molecule has 0 saturated heterocycles. The molecular weight excluding hydrogens is 248 g/mol. The number of nitrogens with zero attached hydrogens (tertiary/aromatic N) is 1. The van der Waals surface area contributed by atoms with Crippen molar-refractivity contribution in [1.29, 1.82) is 0 Å². The fraction of sp³-hybridized carbons (Fsp3) is 0.353. The van der Waals surface area contributed by atoms with Gasteiger partial charge in [0.15, 0.2) is 0 Å². The van der Waals surface area contributed by atoms with Crippen LogP contribution < -0.4 is 10.5 Å². The summed E-state index contributed by atoms with van der Waals surface area (Å²) in [7, 11) is 0. The van der Waals surface area contributed by atoms with Gasteiger partial charge in [-0.25, -0.2) is 0 Å². The Hall–Kier alpha value is -1.87. The molecule has 0 fully saturated rings. The first kappa shape index (κ1) is 14.5. The number of rotatable bonds is 5. The van der Waals surface area contributed by atoms with Crippen molar-refractivity contribution in [2.45, 2.75) is 33.2 Å². The van der Waals surface area contributed by atoms with Gasteiger partial charge in [-0.2, -0.15) is 0 Å². The van der Waals surface area contributed by atoms with Crippen molar-refractivity contribution >= 4 is 0 Å². The van der Waals surface area contributed by atoms with Crippen LogP contribution in [0.5, 0.6) is 5.75 Å². The maximum absolute atomic E-state index is 5.93. The van der Waals surface area contributed by atoms with Gasteiger partial charge in [-0.1, -0.05) is 25.1 Å². The lowest BCUT2D eigenvalue weighted by molar-refractivity contribution is 0.318. The highest BCUT2D eigenvalue weighted by Gasteiger charge is 2.10. The SMILES string of the molecule is CCCOc1ccccc1-c1ccc(C(C)N)c(C)n1. The minimum absolute atomic E-state index is 0.00290. The summed E-state index contributed by atoms with van der Waals surface area (Å²) >= 11 is 0. The third-order valence-corrected chi connectivity index (χ3v) is 3.24. The molecule has 2 rings (SSSR count). The summed E-state index contributed by atoms with van der Waals surface area (Å²) in [5, 5.41) is 0. The van der Waals surface area contributed by atoms with Crippen molar-refractivity contribution in [2.24, 2.45) is 5.73 Å². The lowest BCUT2D eigenvalue weighted by Gasteiger charge is -2.13.